The van der Waals surface area contributed by atoms with Crippen molar-refractivity contribution in [2.75, 3.05) is 13.1 Å². The van der Waals surface area contributed by atoms with Crippen LogP contribution in [0.2, 0.25) is 0 Å². The molecule has 2 aromatic heterocycles. The summed E-state index contributed by atoms with van der Waals surface area (Å²) in [6.45, 7) is 10.5. The summed E-state index contributed by atoms with van der Waals surface area (Å²) in [5, 5.41) is 4.83. The molecule has 1 aliphatic heterocycles. The van der Waals surface area contributed by atoms with Crippen LogP contribution in [0.5, 0.6) is 0 Å². The Balaban J connectivity index is 1.35. The lowest BCUT2D eigenvalue weighted by Crippen LogP contribution is -2.38. The zero-order valence-corrected chi connectivity index (χ0v) is 23.9. The number of hydrogen-bond acceptors (Lipinski definition) is 3. The van der Waals surface area contributed by atoms with Crippen molar-refractivity contribution in [1.82, 2.24) is 20.2 Å². The van der Waals surface area contributed by atoms with E-state index in [1.807, 2.05) is 24.5 Å². The molecule has 0 spiro atoms. The van der Waals surface area contributed by atoms with Crippen molar-refractivity contribution in [3.8, 4) is 11.3 Å². The Labute approximate surface area is 233 Å². The summed E-state index contributed by atoms with van der Waals surface area (Å²) in [7, 11) is 0. The molecule has 5 heteroatoms. The number of hydrogen-bond donors (Lipinski definition) is 2. The Hall–Kier alpha value is -3.44. The average molecular weight is 523 g/mol. The number of fused-ring (bicyclic) bond motifs is 1. The van der Waals surface area contributed by atoms with E-state index in [2.05, 4.69) is 84.3 Å². The van der Waals surface area contributed by atoms with Crippen LogP contribution in [0.1, 0.15) is 72.1 Å². The van der Waals surface area contributed by atoms with Gasteiger partial charge in [0.25, 0.3) is 5.91 Å². The largest absolute Gasteiger partial charge is 0.354 e. The quantitative estimate of drug-likeness (QED) is 0.220. The normalized spacial score (nSPS) is 17.3. The molecule has 2 N–H and O–H groups in total. The number of benzene rings is 2. The smallest absolute Gasteiger partial charge is 0.254 e. The van der Waals surface area contributed by atoms with Crippen LogP contribution in [0.25, 0.3) is 22.2 Å². The number of carbonyl (C=O) groups is 1. The minimum absolute atomic E-state index is 0.154. The van der Waals surface area contributed by atoms with Crippen LogP contribution >= 0.6 is 0 Å². The van der Waals surface area contributed by atoms with Gasteiger partial charge >= 0.3 is 0 Å². The summed E-state index contributed by atoms with van der Waals surface area (Å²) in [5.74, 6) is 0.154. The zero-order valence-electron chi connectivity index (χ0n) is 23.9. The van der Waals surface area contributed by atoms with Crippen molar-refractivity contribution in [2.45, 2.75) is 78.3 Å². The zero-order chi connectivity index (χ0) is 27.4. The first-order chi connectivity index (χ1) is 18.9. The minimum Gasteiger partial charge on any atom is -0.354 e. The van der Waals surface area contributed by atoms with E-state index in [0.29, 0.717) is 12.1 Å². The molecule has 2 unspecified atom stereocenters. The van der Waals surface area contributed by atoms with Crippen LogP contribution in [-0.2, 0) is 12.8 Å². The van der Waals surface area contributed by atoms with Crippen molar-refractivity contribution in [2.24, 2.45) is 0 Å². The van der Waals surface area contributed by atoms with Gasteiger partial charge in [-0.15, -0.1) is 0 Å². The maximum absolute atomic E-state index is 13.6. The molecule has 4 aromatic rings. The van der Waals surface area contributed by atoms with E-state index in [1.54, 1.807) is 0 Å². The van der Waals surface area contributed by atoms with E-state index in [4.69, 9.17) is 0 Å². The first-order valence-corrected chi connectivity index (χ1v) is 14.6. The molecule has 204 valence electrons. The number of aromatic nitrogens is 2. The van der Waals surface area contributed by atoms with Gasteiger partial charge in [0.05, 0.1) is 0 Å². The van der Waals surface area contributed by atoms with E-state index in [9.17, 15) is 4.79 Å². The molecule has 39 heavy (non-hydrogen) atoms. The predicted molar refractivity (Wildman–Crippen MR) is 161 cm³/mol. The Morgan fingerprint density at radius 2 is 1.74 bits per heavy atom. The Kier molecular flexibility index (Phi) is 8.47. The molecule has 5 nitrogen and oxygen atoms in total. The highest BCUT2D eigenvalue weighted by atomic mass is 16.2. The van der Waals surface area contributed by atoms with E-state index in [-0.39, 0.29) is 5.91 Å². The molecule has 1 aliphatic rings. The van der Waals surface area contributed by atoms with E-state index in [1.165, 1.54) is 33.5 Å². The first-order valence-electron chi connectivity index (χ1n) is 14.6. The molecule has 3 heterocycles. The van der Waals surface area contributed by atoms with E-state index in [0.717, 1.165) is 68.1 Å². The number of nitrogens with one attached hydrogen (secondary N) is 2. The van der Waals surface area contributed by atoms with Crippen LogP contribution < -0.4 is 5.32 Å². The van der Waals surface area contributed by atoms with Crippen LogP contribution in [0.4, 0.5) is 0 Å². The fourth-order valence-electron chi connectivity index (χ4n) is 6.21. The lowest BCUT2D eigenvalue weighted by molar-refractivity contribution is 0.0693. The standard InChI is InChI=1S/C34H42N4O/c1-23-18-24(2)20-29(19-23)33-30(14-17-35-15-6-5-8-27-9-7-16-36-22-27)31-21-28(12-13-32(31)37-33)34(39)38-25(3)10-11-26(38)4/h7,9,12-13,16,18-22,25-26,35,37H,5-6,8,10-11,14-15,17H2,1-4H3. The third kappa shape index (κ3) is 6.25. The molecule has 0 saturated carbocycles. The molecule has 2 aromatic carbocycles. The summed E-state index contributed by atoms with van der Waals surface area (Å²) in [6, 6.07) is 17.7. The number of H-pyrrole nitrogens is 1. The lowest BCUT2D eigenvalue weighted by Gasteiger charge is -2.26. The van der Waals surface area contributed by atoms with Gasteiger partial charge in [0.15, 0.2) is 0 Å². The van der Waals surface area contributed by atoms with Gasteiger partial charge in [0.1, 0.15) is 0 Å². The summed E-state index contributed by atoms with van der Waals surface area (Å²) >= 11 is 0. The molecule has 2 atom stereocenters. The second-order valence-electron chi connectivity index (χ2n) is 11.4. The fraction of sp³-hybridized carbons (Fsp3) is 0.412. The van der Waals surface area contributed by atoms with Gasteiger partial charge in [0, 0.05) is 46.6 Å². The van der Waals surface area contributed by atoms with E-state index >= 15 is 0 Å². The fourth-order valence-corrected chi connectivity index (χ4v) is 6.21. The highest BCUT2D eigenvalue weighted by molar-refractivity contribution is 6.01. The van der Waals surface area contributed by atoms with Gasteiger partial charge < -0.3 is 15.2 Å². The molecule has 1 fully saturated rings. The predicted octanol–water partition coefficient (Wildman–Crippen LogP) is 7.01. The topological polar surface area (TPSA) is 61.0 Å². The summed E-state index contributed by atoms with van der Waals surface area (Å²) in [5.41, 5.74) is 9.37. The lowest BCUT2D eigenvalue weighted by atomic mass is 9.98. The summed E-state index contributed by atoms with van der Waals surface area (Å²) in [6.07, 6.45) is 10.2. The van der Waals surface area contributed by atoms with Gasteiger partial charge in [-0.25, -0.2) is 0 Å². The van der Waals surface area contributed by atoms with E-state index < -0.39 is 0 Å². The van der Waals surface area contributed by atoms with Gasteiger partial charge in [0.2, 0.25) is 0 Å². The van der Waals surface area contributed by atoms with Crippen molar-refractivity contribution < 1.29 is 4.79 Å². The molecule has 0 aliphatic carbocycles. The van der Waals surface area contributed by atoms with Crippen LogP contribution in [0.3, 0.4) is 0 Å². The molecular weight excluding hydrogens is 480 g/mol. The van der Waals surface area contributed by atoms with Crippen LogP contribution in [0, 0.1) is 13.8 Å². The van der Waals surface area contributed by atoms with Gasteiger partial charge in [-0.3, -0.25) is 9.78 Å². The summed E-state index contributed by atoms with van der Waals surface area (Å²) < 4.78 is 0. The van der Waals surface area contributed by atoms with Crippen molar-refractivity contribution in [3.63, 3.8) is 0 Å². The first kappa shape index (κ1) is 27.1. The second kappa shape index (κ2) is 12.2. The third-order valence-electron chi connectivity index (χ3n) is 8.19. The van der Waals surface area contributed by atoms with Gasteiger partial charge in [-0.1, -0.05) is 23.3 Å². The number of likely N-dealkylation sites (tertiary alicyclic amines) is 1. The number of unbranched alkanes of at least 4 members (excludes halogenated alkanes) is 1. The molecular formula is C34H42N4O. The Morgan fingerprint density at radius 1 is 0.974 bits per heavy atom. The molecule has 0 radical (unpaired) electrons. The Bertz CT molecular complexity index is 1390. The highest BCUT2D eigenvalue weighted by Gasteiger charge is 2.32. The molecule has 1 saturated heterocycles. The summed E-state index contributed by atoms with van der Waals surface area (Å²) in [4.78, 5) is 23.5. The number of aromatic amines is 1. The molecule has 0 bridgehead atoms. The molecule has 1 amide bonds. The maximum atomic E-state index is 13.6. The maximum Gasteiger partial charge on any atom is 0.254 e. The number of pyridine rings is 1. The number of amides is 1. The number of carbonyl (C=O) groups excluding carboxylic acids is 1. The SMILES string of the molecule is Cc1cc(C)cc(-c2[nH]c3ccc(C(=O)N4C(C)CCC4C)cc3c2CCNCCCCc2cccnc2)c1. The van der Waals surface area contributed by atoms with Gasteiger partial charge in [-0.2, -0.15) is 0 Å². The number of aryl methyl sites for hydroxylation is 3. The highest BCUT2D eigenvalue weighted by Crippen LogP contribution is 2.33. The Morgan fingerprint density at radius 3 is 2.46 bits per heavy atom. The van der Waals surface area contributed by atoms with Crippen LogP contribution in [0.15, 0.2) is 60.9 Å². The number of nitrogens with zero attached hydrogens (tertiary/aromatic N) is 2. The average Bonchev–Trinajstić information content (AvgIpc) is 3.46. The van der Waals surface area contributed by atoms with Crippen molar-refractivity contribution in [3.05, 3.63) is 88.7 Å². The second-order valence-corrected chi connectivity index (χ2v) is 11.4. The monoisotopic (exact) mass is 522 g/mol. The number of rotatable bonds is 10. The van der Waals surface area contributed by atoms with Crippen LogP contribution in [-0.4, -0.2) is 45.9 Å². The molecule has 5 rings (SSSR count). The van der Waals surface area contributed by atoms with Crippen molar-refractivity contribution in [1.29, 1.82) is 0 Å². The van der Waals surface area contributed by atoms with Gasteiger partial charge in [-0.05, 0) is 132 Å². The minimum atomic E-state index is 0.154. The third-order valence-corrected chi connectivity index (χ3v) is 8.19. The van der Waals surface area contributed by atoms with Crippen molar-refractivity contribution >= 4 is 16.8 Å².